The van der Waals surface area contributed by atoms with Gasteiger partial charge in [-0.2, -0.15) is 0 Å². The van der Waals surface area contributed by atoms with E-state index in [0.717, 1.165) is 0 Å². The van der Waals surface area contributed by atoms with Crippen LogP contribution in [0.15, 0.2) is 24.3 Å². The molecule has 0 heterocycles. The third-order valence-electron chi connectivity index (χ3n) is 2.40. The molecule has 0 spiro atoms. The Balaban J connectivity index is 2.21. The smallest absolute Gasteiger partial charge is 0.306 e. The summed E-state index contributed by atoms with van der Waals surface area (Å²) in [7, 11) is 1.56. The predicted molar refractivity (Wildman–Crippen MR) is 72.7 cm³/mol. The van der Waals surface area contributed by atoms with Gasteiger partial charge in [0.05, 0.1) is 13.7 Å². The van der Waals surface area contributed by atoms with Crippen molar-refractivity contribution in [3.63, 3.8) is 0 Å². The fraction of sp³-hybridized carbons (Fsp3) is 0.429. The van der Waals surface area contributed by atoms with Gasteiger partial charge in [-0.15, -0.1) is 0 Å². The van der Waals surface area contributed by atoms with E-state index in [2.05, 4.69) is 5.32 Å². The first kappa shape index (κ1) is 15.8. The van der Waals surface area contributed by atoms with E-state index in [1.165, 1.54) is 0 Å². The lowest BCUT2D eigenvalue weighted by molar-refractivity contribution is -0.148. The van der Waals surface area contributed by atoms with Crippen LogP contribution in [0.2, 0.25) is 0 Å². The lowest BCUT2D eigenvalue weighted by Crippen LogP contribution is -2.32. The van der Waals surface area contributed by atoms with Gasteiger partial charge in [0.25, 0.3) is 5.91 Å². The van der Waals surface area contributed by atoms with Gasteiger partial charge in [-0.25, -0.2) is 0 Å². The number of hydrogen-bond donors (Lipinski definition) is 1. The van der Waals surface area contributed by atoms with E-state index in [-0.39, 0.29) is 18.9 Å². The molecule has 0 saturated heterocycles. The van der Waals surface area contributed by atoms with Crippen LogP contribution in [-0.2, 0) is 14.3 Å². The highest BCUT2D eigenvalue weighted by Crippen LogP contribution is 2.25. The number of ether oxygens (including phenoxy) is 3. The maximum Gasteiger partial charge on any atom is 0.306 e. The Morgan fingerprint density at radius 3 is 2.55 bits per heavy atom. The van der Waals surface area contributed by atoms with Crippen molar-refractivity contribution in [2.75, 3.05) is 26.9 Å². The highest BCUT2D eigenvalue weighted by molar-refractivity contribution is 5.80. The summed E-state index contributed by atoms with van der Waals surface area (Å²) in [5.74, 6) is 0.498. The molecule has 110 valence electrons. The molecule has 1 rings (SSSR count). The van der Waals surface area contributed by atoms with Crippen LogP contribution in [0.3, 0.4) is 0 Å². The van der Waals surface area contributed by atoms with E-state index < -0.39 is 5.97 Å². The van der Waals surface area contributed by atoms with E-state index in [1.54, 1.807) is 26.2 Å². The zero-order chi connectivity index (χ0) is 14.8. The first-order valence-corrected chi connectivity index (χ1v) is 6.35. The number of rotatable bonds is 8. The van der Waals surface area contributed by atoms with Gasteiger partial charge < -0.3 is 19.5 Å². The van der Waals surface area contributed by atoms with Crippen molar-refractivity contribution in [1.82, 2.24) is 5.32 Å². The molecule has 1 amide bonds. The third kappa shape index (κ3) is 5.60. The van der Waals surface area contributed by atoms with Crippen molar-refractivity contribution >= 4 is 11.9 Å². The second-order valence-electron chi connectivity index (χ2n) is 3.86. The summed E-state index contributed by atoms with van der Waals surface area (Å²) in [6, 6.07) is 7.25. The highest BCUT2D eigenvalue weighted by atomic mass is 16.5. The SMILES string of the molecule is CCC(=O)OCC(=O)NCCOc1ccccc1OC. The molecule has 0 atom stereocenters. The van der Waals surface area contributed by atoms with E-state index in [1.807, 2.05) is 12.1 Å². The Kier molecular flexibility index (Phi) is 6.95. The average molecular weight is 281 g/mol. The molecule has 0 unspecified atom stereocenters. The molecule has 0 saturated carbocycles. The van der Waals surface area contributed by atoms with Crippen LogP contribution < -0.4 is 14.8 Å². The first-order chi connectivity index (χ1) is 9.67. The van der Waals surface area contributed by atoms with Crippen molar-refractivity contribution in [1.29, 1.82) is 0 Å². The maximum atomic E-state index is 11.3. The normalized spacial score (nSPS) is 9.70. The van der Waals surface area contributed by atoms with E-state index in [0.29, 0.717) is 24.7 Å². The van der Waals surface area contributed by atoms with Crippen molar-refractivity contribution < 1.29 is 23.8 Å². The molecule has 20 heavy (non-hydrogen) atoms. The molecular weight excluding hydrogens is 262 g/mol. The van der Waals surface area contributed by atoms with Gasteiger partial charge in [0.15, 0.2) is 18.1 Å². The molecule has 6 heteroatoms. The number of amides is 1. The van der Waals surface area contributed by atoms with Gasteiger partial charge in [0.1, 0.15) is 6.61 Å². The minimum atomic E-state index is -0.398. The summed E-state index contributed by atoms with van der Waals surface area (Å²) in [5.41, 5.74) is 0. The summed E-state index contributed by atoms with van der Waals surface area (Å²) in [6.07, 6.45) is 0.254. The van der Waals surface area contributed by atoms with E-state index in [9.17, 15) is 9.59 Å². The molecule has 0 radical (unpaired) electrons. The molecule has 0 aromatic heterocycles. The van der Waals surface area contributed by atoms with Gasteiger partial charge in [-0.3, -0.25) is 9.59 Å². The molecule has 1 N–H and O–H groups in total. The van der Waals surface area contributed by atoms with Crippen LogP contribution in [0.4, 0.5) is 0 Å². The number of nitrogens with one attached hydrogen (secondary N) is 1. The number of carbonyl (C=O) groups excluding carboxylic acids is 2. The molecule has 6 nitrogen and oxygen atoms in total. The van der Waals surface area contributed by atoms with Crippen LogP contribution in [0.5, 0.6) is 11.5 Å². The fourth-order valence-corrected chi connectivity index (χ4v) is 1.39. The van der Waals surface area contributed by atoms with E-state index in [4.69, 9.17) is 14.2 Å². The van der Waals surface area contributed by atoms with Gasteiger partial charge in [-0.05, 0) is 12.1 Å². The summed E-state index contributed by atoms with van der Waals surface area (Å²) >= 11 is 0. The van der Waals surface area contributed by atoms with Crippen LogP contribution in [0, 0.1) is 0 Å². The second kappa shape index (κ2) is 8.79. The fourth-order valence-electron chi connectivity index (χ4n) is 1.39. The first-order valence-electron chi connectivity index (χ1n) is 6.35. The highest BCUT2D eigenvalue weighted by Gasteiger charge is 2.06. The monoisotopic (exact) mass is 281 g/mol. The van der Waals surface area contributed by atoms with Crippen molar-refractivity contribution in [3.8, 4) is 11.5 Å². The third-order valence-corrected chi connectivity index (χ3v) is 2.40. The topological polar surface area (TPSA) is 73.9 Å². The Labute approximate surface area is 118 Å². The molecule has 0 aliphatic carbocycles. The maximum absolute atomic E-state index is 11.3. The Morgan fingerprint density at radius 1 is 1.20 bits per heavy atom. The molecule has 1 aromatic rings. The number of hydrogen-bond acceptors (Lipinski definition) is 5. The summed E-state index contributed by atoms with van der Waals surface area (Å²) in [4.78, 5) is 22.2. The molecule has 0 aliphatic rings. The predicted octanol–water partition coefficient (Wildman–Crippen LogP) is 1.14. The summed E-state index contributed by atoms with van der Waals surface area (Å²) < 4.78 is 15.3. The van der Waals surface area contributed by atoms with Crippen molar-refractivity contribution in [2.24, 2.45) is 0 Å². The largest absolute Gasteiger partial charge is 0.493 e. The summed E-state index contributed by atoms with van der Waals surface area (Å²) in [6.45, 7) is 2.02. The van der Waals surface area contributed by atoms with E-state index >= 15 is 0 Å². The molecular formula is C14H19NO5. The number of esters is 1. The lowest BCUT2D eigenvalue weighted by Gasteiger charge is -2.10. The molecule has 0 fully saturated rings. The Morgan fingerprint density at radius 2 is 1.90 bits per heavy atom. The molecule has 1 aromatic carbocycles. The minimum Gasteiger partial charge on any atom is -0.493 e. The number of benzene rings is 1. The zero-order valence-corrected chi connectivity index (χ0v) is 11.7. The Bertz CT molecular complexity index is 447. The number of para-hydroxylation sites is 2. The van der Waals surface area contributed by atoms with Crippen LogP contribution in [0.1, 0.15) is 13.3 Å². The molecule has 0 bridgehead atoms. The van der Waals surface area contributed by atoms with Crippen LogP contribution >= 0.6 is 0 Å². The van der Waals surface area contributed by atoms with Crippen molar-refractivity contribution in [3.05, 3.63) is 24.3 Å². The Hall–Kier alpha value is -2.24. The van der Waals surface area contributed by atoms with Crippen LogP contribution in [0.25, 0.3) is 0 Å². The second-order valence-corrected chi connectivity index (χ2v) is 3.86. The number of methoxy groups -OCH3 is 1. The van der Waals surface area contributed by atoms with Gasteiger partial charge >= 0.3 is 5.97 Å². The van der Waals surface area contributed by atoms with Crippen LogP contribution in [-0.4, -0.2) is 38.7 Å². The minimum absolute atomic E-state index is 0.254. The zero-order valence-electron chi connectivity index (χ0n) is 11.7. The van der Waals surface area contributed by atoms with Gasteiger partial charge in [0, 0.05) is 6.42 Å². The standard InChI is InChI=1S/C14H19NO5/c1-3-14(17)20-10-13(16)15-8-9-19-12-7-5-4-6-11(12)18-2/h4-7H,3,8-10H2,1-2H3,(H,15,16). The lowest BCUT2D eigenvalue weighted by atomic mass is 10.3. The van der Waals surface area contributed by atoms with Gasteiger partial charge in [0.2, 0.25) is 0 Å². The average Bonchev–Trinajstić information content (AvgIpc) is 2.49. The summed E-state index contributed by atoms with van der Waals surface area (Å²) in [5, 5.41) is 2.59. The number of carbonyl (C=O) groups is 2. The quantitative estimate of drug-likeness (QED) is 0.571. The molecule has 0 aliphatic heterocycles. The van der Waals surface area contributed by atoms with Crippen molar-refractivity contribution in [2.45, 2.75) is 13.3 Å². The van der Waals surface area contributed by atoms with Gasteiger partial charge in [-0.1, -0.05) is 19.1 Å².